The molecule has 0 radical (unpaired) electrons. The Morgan fingerprint density at radius 2 is 1.88 bits per heavy atom. The lowest BCUT2D eigenvalue weighted by atomic mass is 9.84. The second-order valence-corrected chi connectivity index (χ2v) is 9.30. The molecule has 2 rings (SSSR count). The first-order valence-corrected chi connectivity index (χ1v) is 12.1. The maximum atomic E-state index is 12.9. The number of nitroso groups, excluding NO2 is 1. The fourth-order valence-electron chi connectivity index (χ4n) is 4.97. The van der Waals surface area contributed by atoms with Crippen molar-refractivity contribution in [3.8, 4) is 0 Å². The van der Waals surface area contributed by atoms with Gasteiger partial charge < -0.3 is 14.9 Å². The summed E-state index contributed by atoms with van der Waals surface area (Å²) < 4.78 is 43.2. The van der Waals surface area contributed by atoms with E-state index in [9.17, 15) is 33.1 Å². The van der Waals surface area contributed by atoms with Gasteiger partial charge in [0, 0.05) is 6.42 Å². The zero-order valence-electron chi connectivity index (χ0n) is 19.7. The second-order valence-electron chi connectivity index (χ2n) is 9.30. The predicted octanol–water partition coefficient (Wildman–Crippen LogP) is 5.42. The van der Waals surface area contributed by atoms with Gasteiger partial charge in [-0.1, -0.05) is 42.6 Å². The fraction of sp³-hybridized carbons (Fsp3) is 0.720. The number of esters is 1. The topological polar surface area (TPSA) is 96.2 Å². The number of ether oxygens (including phenoxy) is 1. The van der Waals surface area contributed by atoms with Gasteiger partial charge in [-0.05, 0) is 68.4 Å². The maximum absolute atomic E-state index is 12.9. The molecule has 1 aromatic rings. The first-order chi connectivity index (χ1) is 16.2. The largest absolute Gasteiger partial charge is 0.469 e. The highest BCUT2D eigenvalue weighted by atomic mass is 19.4. The summed E-state index contributed by atoms with van der Waals surface area (Å²) in [4.78, 5) is 22.5. The summed E-state index contributed by atoms with van der Waals surface area (Å²) in [6, 6.07) is 4.62. The van der Waals surface area contributed by atoms with E-state index in [1.54, 1.807) is 6.07 Å². The SMILES string of the molecule is COC(=O)CCCCCC[C@H]1[C@@H](O)CC(N=O)[C@@H]1CC[C@@H](O)CCc1cccc(C(F)(F)F)c1. The van der Waals surface area contributed by atoms with Crippen molar-refractivity contribution in [3.05, 3.63) is 40.3 Å². The number of aliphatic hydroxyl groups is 2. The van der Waals surface area contributed by atoms with Gasteiger partial charge in [0.05, 0.1) is 30.9 Å². The molecule has 1 aliphatic carbocycles. The average Bonchev–Trinajstić information content (AvgIpc) is 3.12. The third-order valence-corrected chi connectivity index (χ3v) is 6.91. The van der Waals surface area contributed by atoms with Crippen LogP contribution in [-0.4, -0.2) is 41.5 Å². The number of hydrogen-bond donors (Lipinski definition) is 2. The van der Waals surface area contributed by atoms with Gasteiger partial charge in [-0.2, -0.15) is 18.1 Å². The molecule has 1 unspecified atom stereocenters. The van der Waals surface area contributed by atoms with Gasteiger partial charge in [-0.3, -0.25) is 4.79 Å². The van der Waals surface area contributed by atoms with Gasteiger partial charge in [0.1, 0.15) is 0 Å². The number of nitrogens with zero attached hydrogens (tertiary/aromatic N) is 1. The van der Waals surface area contributed by atoms with E-state index in [0.29, 0.717) is 44.1 Å². The lowest BCUT2D eigenvalue weighted by Crippen LogP contribution is -2.23. The number of alkyl halides is 3. The zero-order chi connectivity index (χ0) is 25.1. The van der Waals surface area contributed by atoms with Gasteiger partial charge in [-0.15, -0.1) is 0 Å². The van der Waals surface area contributed by atoms with Gasteiger partial charge in [0.2, 0.25) is 0 Å². The number of carbonyl (C=O) groups excluding carboxylic acids is 1. The molecule has 192 valence electrons. The van der Waals surface area contributed by atoms with Crippen LogP contribution in [0.4, 0.5) is 13.2 Å². The van der Waals surface area contributed by atoms with Gasteiger partial charge in [0.25, 0.3) is 0 Å². The number of halogens is 3. The van der Waals surface area contributed by atoms with Crippen molar-refractivity contribution >= 4 is 5.97 Å². The van der Waals surface area contributed by atoms with Crippen molar-refractivity contribution in [1.82, 2.24) is 0 Å². The molecule has 1 aliphatic rings. The van der Waals surface area contributed by atoms with E-state index in [0.717, 1.165) is 44.2 Å². The Bertz CT molecular complexity index is 773. The summed E-state index contributed by atoms with van der Waals surface area (Å²) >= 11 is 0. The summed E-state index contributed by atoms with van der Waals surface area (Å²) in [7, 11) is 1.36. The Kier molecular flexibility index (Phi) is 11.4. The molecule has 1 saturated carbocycles. The summed E-state index contributed by atoms with van der Waals surface area (Å²) in [6.45, 7) is 0. The van der Waals surface area contributed by atoms with Crippen molar-refractivity contribution in [2.75, 3.05) is 7.11 Å². The van der Waals surface area contributed by atoms with Crippen LogP contribution in [0, 0.1) is 16.7 Å². The summed E-state index contributed by atoms with van der Waals surface area (Å²) in [5, 5.41) is 24.1. The molecule has 0 heterocycles. The molecule has 0 aliphatic heterocycles. The third kappa shape index (κ3) is 8.98. The maximum Gasteiger partial charge on any atom is 0.416 e. The minimum atomic E-state index is -4.40. The number of aryl methyl sites for hydroxylation is 1. The van der Waals surface area contributed by atoms with Crippen molar-refractivity contribution in [3.63, 3.8) is 0 Å². The molecule has 5 atom stereocenters. The number of unbranched alkanes of at least 4 members (excludes halogenated alkanes) is 3. The number of rotatable bonds is 14. The highest BCUT2D eigenvalue weighted by Gasteiger charge is 2.42. The summed E-state index contributed by atoms with van der Waals surface area (Å²) in [6.07, 6.45) is 0.722. The average molecular weight is 488 g/mol. The molecule has 9 heteroatoms. The monoisotopic (exact) mass is 487 g/mol. The molecule has 0 saturated heterocycles. The predicted molar refractivity (Wildman–Crippen MR) is 122 cm³/mol. The number of hydrogen-bond acceptors (Lipinski definition) is 6. The van der Waals surface area contributed by atoms with Crippen molar-refractivity contribution in [2.45, 2.75) is 95.1 Å². The zero-order valence-corrected chi connectivity index (χ0v) is 19.7. The van der Waals surface area contributed by atoms with Crippen LogP contribution in [0.3, 0.4) is 0 Å². The molecule has 0 bridgehead atoms. The molecule has 6 nitrogen and oxygen atoms in total. The lowest BCUT2D eigenvalue weighted by molar-refractivity contribution is -0.140. The van der Waals surface area contributed by atoms with E-state index in [-0.39, 0.29) is 17.8 Å². The number of benzene rings is 1. The Balaban J connectivity index is 1.79. The van der Waals surface area contributed by atoms with Crippen molar-refractivity contribution < 1.29 is 32.9 Å². The van der Waals surface area contributed by atoms with Crippen molar-refractivity contribution in [2.24, 2.45) is 17.0 Å². The molecular weight excluding hydrogens is 451 g/mol. The van der Waals surface area contributed by atoms with Crippen LogP contribution in [-0.2, 0) is 22.1 Å². The molecule has 2 N–H and O–H groups in total. The smallest absolute Gasteiger partial charge is 0.416 e. The molecule has 1 fully saturated rings. The fourth-order valence-corrected chi connectivity index (χ4v) is 4.97. The molecule has 0 aromatic heterocycles. The van der Waals surface area contributed by atoms with Gasteiger partial charge in [0.15, 0.2) is 0 Å². The number of methoxy groups -OCH3 is 1. The molecule has 0 amide bonds. The molecule has 1 aromatic carbocycles. The van der Waals surface area contributed by atoms with Crippen LogP contribution < -0.4 is 0 Å². The van der Waals surface area contributed by atoms with Crippen LogP contribution in [0.5, 0.6) is 0 Å². The highest BCUT2D eigenvalue weighted by Crippen LogP contribution is 2.41. The van der Waals surface area contributed by atoms with Gasteiger partial charge in [-0.25, -0.2) is 0 Å². The Morgan fingerprint density at radius 1 is 1.15 bits per heavy atom. The quantitative estimate of drug-likeness (QED) is 0.207. The van der Waals surface area contributed by atoms with Crippen LogP contribution in [0.1, 0.15) is 75.3 Å². The van der Waals surface area contributed by atoms with E-state index < -0.39 is 30.0 Å². The lowest BCUT2D eigenvalue weighted by Gasteiger charge is -2.24. The number of carbonyl (C=O) groups is 1. The Morgan fingerprint density at radius 3 is 2.56 bits per heavy atom. The minimum absolute atomic E-state index is 0.0704. The second kappa shape index (κ2) is 13.8. The standard InChI is InChI=1S/C25H36F3NO5/c1-34-24(32)10-5-3-2-4-9-21-20(22(29-33)16-23(21)31)14-13-19(30)12-11-17-7-6-8-18(15-17)25(26,27)28/h6-8,15,19-23,30-31H,2-5,9-14,16H2,1H3/t19-,20+,21+,22?,23-/m0/s1. The van der Waals surface area contributed by atoms with Crippen LogP contribution in [0.15, 0.2) is 29.4 Å². The van der Waals surface area contributed by atoms with E-state index >= 15 is 0 Å². The van der Waals surface area contributed by atoms with E-state index in [2.05, 4.69) is 9.91 Å². The molecular formula is C25H36F3NO5. The van der Waals surface area contributed by atoms with Crippen molar-refractivity contribution in [1.29, 1.82) is 0 Å². The van der Waals surface area contributed by atoms with Gasteiger partial charge >= 0.3 is 12.1 Å². The first kappa shape index (κ1) is 28.2. The summed E-state index contributed by atoms with van der Waals surface area (Å²) in [5.74, 6) is -0.414. The minimum Gasteiger partial charge on any atom is -0.469 e. The first-order valence-electron chi connectivity index (χ1n) is 12.1. The van der Waals surface area contributed by atoms with E-state index in [4.69, 9.17) is 0 Å². The normalized spacial score (nSPS) is 23.6. The third-order valence-electron chi connectivity index (χ3n) is 6.91. The Hall–Kier alpha value is -2.00. The highest BCUT2D eigenvalue weighted by molar-refractivity contribution is 5.68. The summed E-state index contributed by atoms with van der Waals surface area (Å²) in [5.41, 5.74) is -0.185. The van der Waals surface area contributed by atoms with Crippen LogP contribution in [0.2, 0.25) is 0 Å². The number of aliphatic hydroxyl groups excluding tert-OH is 2. The Labute approximate surface area is 198 Å². The van der Waals surface area contributed by atoms with Crippen LogP contribution in [0.25, 0.3) is 0 Å². The van der Waals surface area contributed by atoms with E-state index in [1.807, 2.05) is 0 Å². The molecule has 0 spiro atoms. The van der Waals surface area contributed by atoms with E-state index in [1.165, 1.54) is 13.2 Å². The van der Waals surface area contributed by atoms with Crippen LogP contribution >= 0.6 is 0 Å². The molecule has 34 heavy (non-hydrogen) atoms.